The van der Waals surface area contributed by atoms with Crippen LogP contribution in [0.4, 0.5) is 10.5 Å². The first-order valence-corrected chi connectivity index (χ1v) is 9.34. The van der Waals surface area contributed by atoms with Crippen LogP contribution in [-0.4, -0.2) is 28.1 Å². The van der Waals surface area contributed by atoms with Crippen LogP contribution in [0, 0.1) is 24.7 Å². The van der Waals surface area contributed by atoms with Crippen LogP contribution in [0.25, 0.3) is 11.3 Å². The molecule has 2 amide bonds. The maximum absolute atomic E-state index is 12.9. The molecular formula is C20H23N3O4. The number of carboxylic acid groups (broad SMARTS) is 1. The first-order chi connectivity index (χ1) is 13.0. The van der Waals surface area contributed by atoms with Crippen molar-refractivity contribution < 1.29 is 19.1 Å². The average Bonchev–Trinajstić information content (AvgIpc) is 3.56. The van der Waals surface area contributed by atoms with Crippen molar-refractivity contribution in [2.24, 2.45) is 17.8 Å². The van der Waals surface area contributed by atoms with Gasteiger partial charge in [-0.15, -0.1) is 0 Å². The van der Waals surface area contributed by atoms with Crippen molar-refractivity contribution in [2.75, 3.05) is 5.32 Å². The van der Waals surface area contributed by atoms with E-state index in [1.807, 2.05) is 19.1 Å². The molecule has 3 N–H and O–H groups in total. The van der Waals surface area contributed by atoms with E-state index in [1.165, 1.54) is 6.39 Å². The number of nitrogens with zero attached hydrogens (tertiary/aromatic N) is 1. The monoisotopic (exact) mass is 369 g/mol. The van der Waals surface area contributed by atoms with Crippen molar-refractivity contribution in [1.29, 1.82) is 0 Å². The summed E-state index contributed by atoms with van der Waals surface area (Å²) in [5.74, 6) is 1.41. The molecule has 1 atom stereocenters. The lowest BCUT2D eigenvalue weighted by atomic mass is 9.88. The maximum atomic E-state index is 12.9. The minimum Gasteiger partial charge on any atom is -0.465 e. The van der Waals surface area contributed by atoms with Gasteiger partial charge >= 0.3 is 6.09 Å². The molecule has 7 heteroatoms. The smallest absolute Gasteiger partial charge is 0.405 e. The van der Waals surface area contributed by atoms with Crippen molar-refractivity contribution in [1.82, 2.24) is 10.3 Å². The van der Waals surface area contributed by atoms with Crippen LogP contribution in [0.5, 0.6) is 0 Å². The fourth-order valence-electron chi connectivity index (χ4n) is 3.86. The molecule has 2 aliphatic carbocycles. The van der Waals surface area contributed by atoms with E-state index >= 15 is 0 Å². The van der Waals surface area contributed by atoms with E-state index in [9.17, 15) is 14.7 Å². The van der Waals surface area contributed by atoms with Crippen molar-refractivity contribution >= 4 is 17.7 Å². The van der Waals surface area contributed by atoms with Crippen LogP contribution in [0.1, 0.15) is 31.4 Å². The van der Waals surface area contributed by atoms with Crippen LogP contribution in [0.15, 0.2) is 35.1 Å². The van der Waals surface area contributed by atoms with Gasteiger partial charge in [0.2, 0.25) is 5.91 Å². The van der Waals surface area contributed by atoms with Gasteiger partial charge in [0.1, 0.15) is 6.04 Å². The topological polar surface area (TPSA) is 104 Å². The summed E-state index contributed by atoms with van der Waals surface area (Å²) in [6, 6.07) is 6.56. The molecule has 1 aromatic carbocycles. The molecule has 0 saturated heterocycles. The Hall–Kier alpha value is -2.83. The highest BCUT2D eigenvalue weighted by Crippen LogP contribution is 2.50. The van der Waals surface area contributed by atoms with Crippen LogP contribution in [0.2, 0.25) is 0 Å². The molecule has 4 rings (SSSR count). The van der Waals surface area contributed by atoms with Crippen LogP contribution in [0.3, 0.4) is 0 Å². The lowest BCUT2D eigenvalue weighted by Gasteiger charge is -2.26. The number of amides is 2. The number of rotatable bonds is 7. The number of carbonyl (C=O) groups is 2. The molecule has 0 aliphatic heterocycles. The molecule has 1 aromatic heterocycles. The van der Waals surface area contributed by atoms with Crippen LogP contribution >= 0.6 is 0 Å². The van der Waals surface area contributed by atoms with E-state index in [-0.39, 0.29) is 11.8 Å². The predicted octanol–water partition coefficient (Wildman–Crippen LogP) is 3.66. The Bertz CT molecular complexity index is 825. The minimum absolute atomic E-state index is 0.0946. The van der Waals surface area contributed by atoms with Crippen molar-refractivity contribution in [3.05, 3.63) is 36.4 Å². The Balaban J connectivity index is 1.48. The van der Waals surface area contributed by atoms with Gasteiger partial charge in [0.05, 0.1) is 5.69 Å². The second-order valence-electron chi connectivity index (χ2n) is 7.51. The van der Waals surface area contributed by atoms with Crippen LogP contribution < -0.4 is 10.6 Å². The lowest BCUT2D eigenvalue weighted by Crippen LogP contribution is -2.49. The molecule has 2 aromatic rings. The second kappa shape index (κ2) is 7.06. The van der Waals surface area contributed by atoms with Gasteiger partial charge in [-0.3, -0.25) is 4.79 Å². The van der Waals surface area contributed by atoms with Crippen molar-refractivity contribution in [2.45, 2.75) is 38.6 Å². The quantitative estimate of drug-likeness (QED) is 0.691. The van der Waals surface area contributed by atoms with Gasteiger partial charge in [-0.05, 0) is 74.6 Å². The number of anilines is 1. The predicted molar refractivity (Wildman–Crippen MR) is 99.2 cm³/mol. The lowest BCUT2D eigenvalue weighted by molar-refractivity contribution is -0.119. The fraction of sp³-hybridized carbons (Fsp3) is 0.450. The number of aromatic nitrogens is 1. The number of oxazole rings is 1. The molecular weight excluding hydrogens is 346 g/mol. The summed E-state index contributed by atoms with van der Waals surface area (Å²) in [6.45, 7) is 1.87. The van der Waals surface area contributed by atoms with Gasteiger partial charge in [-0.1, -0.05) is 0 Å². The zero-order valence-corrected chi connectivity index (χ0v) is 15.1. The van der Waals surface area contributed by atoms with E-state index in [0.29, 0.717) is 23.3 Å². The number of nitrogens with one attached hydrogen (secondary N) is 2. The molecule has 0 unspecified atom stereocenters. The Labute approximate surface area is 157 Å². The summed E-state index contributed by atoms with van der Waals surface area (Å²) >= 11 is 0. The molecule has 27 heavy (non-hydrogen) atoms. The number of aryl methyl sites for hydroxylation is 1. The molecule has 0 radical (unpaired) electrons. The maximum Gasteiger partial charge on any atom is 0.405 e. The van der Waals surface area contributed by atoms with Crippen molar-refractivity contribution in [3.8, 4) is 11.3 Å². The summed E-state index contributed by atoms with van der Waals surface area (Å²) in [4.78, 5) is 28.2. The molecule has 0 spiro atoms. The Morgan fingerprint density at radius 1 is 1.15 bits per heavy atom. The van der Waals surface area contributed by atoms with Gasteiger partial charge in [-0.2, -0.15) is 0 Å². The Morgan fingerprint density at radius 2 is 1.78 bits per heavy atom. The first-order valence-electron chi connectivity index (χ1n) is 9.34. The number of carbonyl (C=O) groups excluding carboxylic acids is 1. The highest BCUT2D eigenvalue weighted by molar-refractivity contribution is 5.97. The van der Waals surface area contributed by atoms with Gasteiger partial charge in [-0.25, -0.2) is 9.78 Å². The summed E-state index contributed by atoms with van der Waals surface area (Å²) in [5.41, 5.74) is 2.30. The van der Waals surface area contributed by atoms with E-state index in [4.69, 9.17) is 4.42 Å². The van der Waals surface area contributed by atoms with Crippen LogP contribution in [-0.2, 0) is 4.79 Å². The van der Waals surface area contributed by atoms with Gasteiger partial charge in [0, 0.05) is 11.3 Å². The Kier molecular flexibility index (Phi) is 4.59. The van der Waals surface area contributed by atoms with Gasteiger partial charge in [0.25, 0.3) is 0 Å². The average molecular weight is 369 g/mol. The van der Waals surface area contributed by atoms with E-state index < -0.39 is 12.1 Å². The van der Waals surface area contributed by atoms with Gasteiger partial charge < -0.3 is 20.2 Å². The largest absolute Gasteiger partial charge is 0.465 e. The third-order valence-corrected chi connectivity index (χ3v) is 5.44. The zero-order valence-electron chi connectivity index (χ0n) is 15.1. The molecule has 2 aliphatic rings. The normalized spacial score (nSPS) is 17.6. The third kappa shape index (κ3) is 3.97. The SMILES string of the molecule is Cc1ncoc1-c1ccc(NC(=O)[C@@H](NC(=O)O)C(C2CC2)C2CC2)cc1. The number of hydrogen-bond acceptors (Lipinski definition) is 4. The zero-order chi connectivity index (χ0) is 19.0. The highest BCUT2D eigenvalue weighted by Gasteiger charge is 2.48. The highest BCUT2D eigenvalue weighted by atomic mass is 16.4. The summed E-state index contributed by atoms with van der Waals surface area (Å²) in [7, 11) is 0. The molecule has 142 valence electrons. The van der Waals surface area contributed by atoms with Gasteiger partial charge in [0.15, 0.2) is 12.2 Å². The first kappa shape index (κ1) is 17.6. The third-order valence-electron chi connectivity index (χ3n) is 5.44. The van der Waals surface area contributed by atoms with E-state index in [0.717, 1.165) is 36.9 Å². The number of benzene rings is 1. The molecule has 7 nitrogen and oxygen atoms in total. The molecule has 0 bridgehead atoms. The fourth-order valence-corrected chi connectivity index (χ4v) is 3.86. The van der Waals surface area contributed by atoms with E-state index in [1.54, 1.807) is 12.1 Å². The standard InChI is InChI=1S/C20H23N3O4/c1-11-18(27-10-21-11)14-6-8-15(9-7-14)22-19(24)17(23-20(25)26)16(12-2-3-12)13-4-5-13/h6-10,12-13,16-17,23H,2-5H2,1H3,(H,22,24)(H,25,26)/t17-/m0/s1. The Morgan fingerprint density at radius 3 is 2.26 bits per heavy atom. The summed E-state index contributed by atoms with van der Waals surface area (Å²) < 4.78 is 5.38. The second-order valence-corrected chi connectivity index (χ2v) is 7.51. The molecule has 2 saturated carbocycles. The van der Waals surface area contributed by atoms with E-state index in [2.05, 4.69) is 15.6 Å². The summed E-state index contributed by atoms with van der Waals surface area (Å²) in [6.07, 6.45) is 4.57. The number of hydrogen-bond donors (Lipinski definition) is 3. The minimum atomic E-state index is -1.16. The molecule has 2 fully saturated rings. The summed E-state index contributed by atoms with van der Waals surface area (Å²) in [5, 5.41) is 14.5. The molecule has 1 heterocycles. The van der Waals surface area contributed by atoms with Crippen molar-refractivity contribution in [3.63, 3.8) is 0 Å².